The standard InChI is InChI=1S/C15H12BrClN2O3/c1-22-13-7-10(16)6-9(14(13)20)8-18-19-15(21)11-4-2-3-5-12(11)17/h2-8,20H,1H3,(H,19,21)/b18-8+. The lowest BCUT2D eigenvalue weighted by Gasteiger charge is -2.07. The molecule has 0 saturated heterocycles. The first kappa shape index (κ1) is 16.3. The highest BCUT2D eigenvalue weighted by molar-refractivity contribution is 9.10. The lowest BCUT2D eigenvalue weighted by molar-refractivity contribution is 0.0955. The Labute approximate surface area is 140 Å². The SMILES string of the molecule is COc1cc(Br)cc(/C=N/NC(=O)c2ccccc2Cl)c1O. The number of nitrogens with zero attached hydrogens (tertiary/aromatic N) is 1. The van der Waals surface area contributed by atoms with Gasteiger partial charge in [-0.1, -0.05) is 39.7 Å². The van der Waals surface area contributed by atoms with Crippen LogP contribution in [0.3, 0.4) is 0 Å². The first-order valence-corrected chi connectivity index (χ1v) is 7.34. The molecule has 0 radical (unpaired) electrons. The van der Waals surface area contributed by atoms with Gasteiger partial charge in [0.2, 0.25) is 0 Å². The van der Waals surface area contributed by atoms with E-state index in [1.165, 1.54) is 13.3 Å². The highest BCUT2D eigenvalue weighted by Gasteiger charge is 2.10. The number of benzene rings is 2. The van der Waals surface area contributed by atoms with Crippen LogP contribution in [0.4, 0.5) is 0 Å². The maximum absolute atomic E-state index is 11.9. The van der Waals surface area contributed by atoms with Gasteiger partial charge in [-0.25, -0.2) is 5.43 Å². The summed E-state index contributed by atoms with van der Waals surface area (Å²) in [5, 5.41) is 14.1. The smallest absolute Gasteiger partial charge is 0.272 e. The number of aromatic hydroxyl groups is 1. The monoisotopic (exact) mass is 382 g/mol. The maximum Gasteiger partial charge on any atom is 0.272 e. The molecule has 0 fully saturated rings. The maximum atomic E-state index is 11.9. The number of amides is 1. The molecule has 0 aromatic heterocycles. The molecule has 7 heteroatoms. The fourth-order valence-corrected chi connectivity index (χ4v) is 2.39. The second kappa shape index (κ2) is 7.29. The van der Waals surface area contributed by atoms with Crippen molar-refractivity contribution in [3.05, 3.63) is 57.0 Å². The van der Waals surface area contributed by atoms with E-state index in [9.17, 15) is 9.90 Å². The van der Waals surface area contributed by atoms with Crippen molar-refractivity contribution in [1.82, 2.24) is 5.43 Å². The van der Waals surface area contributed by atoms with Gasteiger partial charge in [-0.3, -0.25) is 4.79 Å². The van der Waals surface area contributed by atoms with Crippen molar-refractivity contribution in [3.63, 3.8) is 0 Å². The highest BCUT2D eigenvalue weighted by atomic mass is 79.9. The molecule has 0 saturated carbocycles. The zero-order chi connectivity index (χ0) is 16.1. The quantitative estimate of drug-likeness (QED) is 0.626. The summed E-state index contributed by atoms with van der Waals surface area (Å²) in [5.41, 5.74) is 3.06. The Bertz CT molecular complexity index is 735. The number of ether oxygens (including phenoxy) is 1. The van der Waals surface area contributed by atoms with Crippen LogP contribution in [0.1, 0.15) is 15.9 Å². The van der Waals surface area contributed by atoms with Gasteiger partial charge in [0, 0.05) is 10.0 Å². The van der Waals surface area contributed by atoms with Crippen molar-refractivity contribution in [2.75, 3.05) is 7.11 Å². The third-order valence-electron chi connectivity index (χ3n) is 2.78. The number of rotatable bonds is 4. The molecule has 2 aromatic rings. The van der Waals surface area contributed by atoms with E-state index in [4.69, 9.17) is 16.3 Å². The average Bonchev–Trinajstić information content (AvgIpc) is 2.50. The van der Waals surface area contributed by atoms with Crippen LogP contribution < -0.4 is 10.2 Å². The lowest BCUT2D eigenvalue weighted by atomic mass is 10.2. The Balaban J connectivity index is 2.15. The average molecular weight is 384 g/mol. The van der Waals surface area contributed by atoms with Gasteiger partial charge in [0.1, 0.15) is 0 Å². The molecule has 0 unspecified atom stereocenters. The third kappa shape index (κ3) is 3.78. The summed E-state index contributed by atoms with van der Waals surface area (Å²) in [7, 11) is 1.45. The molecule has 0 aliphatic carbocycles. The summed E-state index contributed by atoms with van der Waals surface area (Å²) in [6.45, 7) is 0. The third-order valence-corrected chi connectivity index (χ3v) is 3.56. The molecule has 114 valence electrons. The van der Waals surface area contributed by atoms with Gasteiger partial charge in [-0.05, 0) is 24.3 Å². The predicted molar refractivity (Wildman–Crippen MR) is 88.9 cm³/mol. The summed E-state index contributed by atoms with van der Waals surface area (Å²) >= 11 is 9.22. The number of phenolic OH excluding ortho intramolecular Hbond substituents is 1. The van der Waals surface area contributed by atoms with Gasteiger partial charge in [-0.15, -0.1) is 0 Å². The first-order valence-electron chi connectivity index (χ1n) is 6.17. The number of nitrogens with one attached hydrogen (secondary N) is 1. The first-order chi connectivity index (χ1) is 10.5. The van der Waals surface area contributed by atoms with Crippen LogP contribution in [0.5, 0.6) is 11.5 Å². The molecule has 2 aromatic carbocycles. The van der Waals surface area contributed by atoms with Crippen LogP contribution in [0.2, 0.25) is 5.02 Å². The van der Waals surface area contributed by atoms with E-state index >= 15 is 0 Å². The Hall–Kier alpha value is -2.05. The van der Waals surface area contributed by atoms with Crippen LogP contribution in [-0.4, -0.2) is 24.3 Å². The molecule has 0 heterocycles. The van der Waals surface area contributed by atoms with Gasteiger partial charge < -0.3 is 9.84 Å². The van der Waals surface area contributed by atoms with E-state index in [1.807, 2.05) is 0 Å². The summed E-state index contributed by atoms with van der Waals surface area (Å²) in [6, 6.07) is 9.90. The Morgan fingerprint density at radius 2 is 2.14 bits per heavy atom. The van der Waals surface area contributed by atoms with Gasteiger partial charge in [0.15, 0.2) is 11.5 Å². The zero-order valence-electron chi connectivity index (χ0n) is 11.5. The number of hydrogen-bond acceptors (Lipinski definition) is 4. The number of carbonyl (C=O) groups excluding carboxylic acids is 1. The summed E-state index contributed by atoms with van der Waals surface area (Å²) in [5.74, 6) is -0.210. The predicted octanol–water partition coefficient (Wildman–Crippen LogP) is 3.58. The number of halogens is 2. The van der Waals surface area contributed by atoms with Crippen LogP contribution in [0, 0.1) is 0 Å². The van der Waals surface area contributed by atoms with Gasteiger partial charge in [0.05, 0.1) is 23.9 Å². The van der Waals surface area contributed by atoms with E-state index < -0.39 is 5.91 Å². The van der Waals surface area contributed by atoms with Crippen molar-refractivity contribution >= 4 is 39.7 Å². The van der Waals surface area contributed by atoms with E-state index in [0.29, 0.717) is 26.4 Å². The fourth-order valence-electron chi connectivity index (χ4n) is 1.71. The zero-order valence-corrected chi connectivity index (χ0v) is 13.9. The van der Waals surface area contributed by atoms with Crippen LogP contribution in [0.15, 0.2) is 46.0 Å². The Kier molecular flexibility index (Phi) is 5.41. The van der Waals surface area contributed by atoms with E-state index in [1.54, 1.807) is 36.4 Å². The van der Waals surface area contributed by atoms with Crippen molar-refractivity contribution in [2.24, 2.45) is 5.10 Å². The van der Waals surface area contributed by atoms with Crippen LogP contribution in [-0.2, 0) is 0 Å². The second-order valence-electron chi connectivity index (χ2n) is 4.22. The number of hydrogen-bond donors (Lipinski definition) is 2. The summed E-state index contributed by atoms with van der Waals surface area (Å²) in [6.07, 6.45) is 1.32. The summed E-state index contributed by atoms with van der Waals surface area (Å²) in [4.78, 5) is 11.9. The lowest BCUT2D eigenvalue weighted by Crippen LogP contribution is -2.17. The highest BCUT2D eigenvalue weighted by Crippen LogP contribution is 2.32. The Morgan fingerprint density at radius 3 is 2.82 bits per heavy atom. The molecule has 2 rings (SSSR count). The normalized spacial score (nSPS) is 10.7. The molecule has 1 amide bonds. The van der Waals surface area contributed by atoms with E-state index in [0.717, 1.165) is 0 Å². The van der Waals surface area contributed by atoms with Crippen molar-refractivity contribution in [1.29, 1.82) is 0 Å². The molecule has 5 nitrogen and oxygen atoms in total. The van der Waals surface area contributed by atoms with Crippen molar-refractivity contribution < 1.29 is 14.6 Å². The minimum Gasteiger partial charge on any atom is -0.504 e. The molecule has 0 aliphatic rings. The molecule has 0 aliphatic heterocycles. The topological polar surface area (TPSA) is 70.9 Å². The molecular formula is C15H12BrClN2O3. The molecule has 2 N–H and O–H groups in total. The molecule has 22 heavy (non-hydrogen) atoms. The van der Waals surface area contributed by atoms with Gasteiger partial charge in [-0.2, -0.15) is 5.10 Å². The molecule has 0 spiro atoms. The van der Waals surface area contributed by atoms with Gasteiger partial charge >= 0.3 is 0 Å². The minimum absolute atomic E-state index is 0.0681. The number of carbonyl (C=O) groups is 1. The number of hydrazone groups is 1. The fraction of sp³-hybridized carbons (Fsp3) is 0.0667. The van der Waals surface area contributed by atoms with Crippen LogP contribution >= 0.6 is 27.5 Å². The van der Waals surface area contributed by atoms with Gasteiger partial charge in [0.25, 0.3) is 5.91 Å². The largest absolute Gasteiger partial charge is 0.504 e. The van der Waals surface area contributed by atoms with Crippen molar-refractivity contribution in [3.8, 4) is 11.5 Å². The molecule has 0 atom stereocenters. The second-order valence-corrected chi connectivity index (χ2v) is 5.55. The number of phenols is 1. The molecular weight excluding hydrogens is 372 g/mol. The van der Waals surface area contributed by atoms with Crippen LogP contribution in [0.25, 0.3) is 0 Å². The Morgan fingerprint density at radius 1 is 1.41 bits per heavy atom. The van der Waals surface area contributed by atoms with Crippen molar-refractivity contribution in [2.45, 2.75) is 0 Å². The minimum atomic E-state index is -0.441. The number of methoxy groups -OCH3 is 1. The summed E-state index contributed by atoms with van der Waals surface area (Å²) < 4.78 is 5.74. The van der Waals surface area contributed by atoms with E-state index in [-0.39, 0.29) is 5.75 Å². The van der Waals surface area contributed by atoms with E-state index in [2.05, 4.69) is 26.5 Å². The molecule has 0 bridgehead atoms.